The van der Waals surface area contributed by atoms with E-state index in [4.69, 9.17) is 0 Å². The molecular weight excluding hydrogens is 434 g/mol. The van der Waals surface area contributed by atoms with Crippen LogP contribution < -0.4 is 5.32 Å². The van der Waals surface area contributed by atoms with E-state index in [1.54, 1.807) is 40.0 Å². The van der Waals surface area contributed by atoms with E-state index in [-0.39, 0.29) is 11.6 Å². The highest BCUT2D eigenvalue weighted by Gasteiger charge is 2.22. The first-order valence-electron chi connectivity index (χ1n) is 10.8. The van der Waals surface area contributed by atoms with Crippen LogP contribution in [0.1, 0.15) is 24.2 Å². The Morgan fingerprint density at radius 2 is 1.79 bits per heavy atom. The Morgan fingerprint density at radius 3 is 2.44 bits per heavy atom. The van der Waals surface area contributed by atoms with Crippen LogP contribution in [0.3, 0.4) is 0 Å². The molecule has 2 heterocycles. The van der Waals surface area contributed by atoms with Crippen LogP contribution in [0.2, 0.25) is 0 Å². The molecule has 0 aliphatic heterocycles. The molecule has 0 saturated heterocycles. The van der Waals surface area contributed by atoms with Gasteiger partial charge in [0.15, 0.2) is 5.82 Å². The van der Waals surface area contributed by atoms with E-state index >= 15 is 0 Å². The van der Waals surface area contributed by atoms with E-state index in [1.807, 2.05) is 44.2 Å². The molecule has 0 aliphatic rings. The fraction of sp³-hybridized carbons (Fsp3) is 0.167. The average Bonchev–Trinajstić information content (AvgIpc) is 3.29. The number of nitro benzene ring substituents is 1. The molecule has 34 heavy (non-hydrogen) atoms. The van der Waals surface area contributed by atoms with Crippen molar-refractivity contribution in [2.45, 2.75) is 13.8 Å². The van der Waals surface area contributed by atoms with E-state index in [9.17, 15) is 14.9 Å². The minimum absolute atomic E-state index is 0.0205. The molecule has 1 N–H and O–H groups in total. The van der Waals surface area contributed by atoms with Gasteiger partial charge in [0.25, 0.3) is 11.6 Å². The molecule has 172 valence electrons. The lowest BCUT2D eigenvalue weighted by molar-refractivity contribution is -0.384. The van der Waals surface area contributed by atoms with Gasteiger partial charge in [-0.25, -0.2) is 4.68 Å². The molecule has 0 fully saturated rings. The lowest BCUT2D eigenvalue weighted by Gasteiger charge is -2.19. The zero-order valence-corrected chi connectivity index (χ0v) is 18.8. The predicted molar refractivity (Wildman–Crippen MR) is 128 cm³/mol. The summed E-state index contributed by atoms with van der Waals surface area (Å²) in [5.74, 6) is 0.733. The van der Waals surface area contributed by atoms with E-state index < -0.39 is 4.92 Å². The number of non-ortho nitro benzene ring substituents is 1. The average molecular weight is 457 g/mol. The number of hydrogen-bond acceptors (Lipinski definition) is 7. The van der Waals surface area contributed by atoms with Crippen LogP contribution in [-0.2, 0) is 0 Å². The minimum atomic E-state index is -0.452. The van der Waals surface area contributed by atoms with E-state index in [0.29, 0.717) is 41.5 Å². The molecule has 0 bridgehead atoms. The van der Waals surface area contributed by atoms with Gasteiger partial charge in [0.05, 0.1) is 22.5 Å². The van der Waals surface area contributed by atoms with Gasteiger partial charge < -0.3 is 10.2 Å². The SMILES string of the molecule is CCN(CC)C(=O)c1cnn(-c2ccccc2)c1Nc1ccc(-c2cccc([N+](=O)[O-])c2)nn1. The fourth-order valence-corrected chi connectivity index (χ4v) is 3.52. The van der Waals surface area contributed by atoms with Gasteiger partial charge in [-0.3, -0.25) is 14.9 Å². The smallest absolute Gasteiger partial charge is 0.270 e. The first-order valence-corrected chi connectivity index (χ1v) is 10.8. The Balaban J connectivity index is 1.69. The van der Waals surface area contributed by atoms with Crippen LogP contribution in [0.15, 0.2) is 72.9 Å². The minimum Gasteiger partial charge on any atom is -0.339 e. The van der Waals surface area contributed by atoms with E-state index in [1.165, 1.54) is 12.1 Å². The number of hydrogen-bond donors (Lipinski definition) is 1. The molecular formula is C24H23N7O3. The van der Waals surface area contributed by atoms with Crippen molar-refractivity contribution in [3.05, 3.63) is 88.6 Å². The molecule has 0 aliphatic carbocycles. The molecule has 1 amide bonds. The normalized spacial score (nSPS) is 10.6. The summed E-state index contributed by atoms with van der Waals surface area (Å²) < 4.78 is 1.65. The zero-order valence-electron chi connectivity index (χ0n) is 18.8. The highest BCUT2D eigenvalue weighted by molar-refractivity contribution is 5.99. The topological polar surface area (TPSA) is 119 Å². The van der Waals surface area contributed by atoms with Crippen molar-refractivity contribution < 1.29 is 9.72 Å². The number of para-hydroxylation sites is 1. The summed E-state index contributed by atoms with van der Waals surface area (Å²) in [6.45, 7) is 4.99. The number of aromatic nitrogens is 4. The quantitative estimate of drug-likeness (QED) is 0.306. The third-order valence-electron chi connectivity index (χ3n) is 5.31. The van der Waals surface area contributed by atoms with Crippen molar-refractivity contribution in [3.63, 3.8) is 0 Å². The second kappa shape index (κ2) is 9.90. The van der Waals surface area contributed by atoms with Gasteiger partial charge in [-0.2, -0.15) is 5.10 Å². The van der Waals surface area contributed by atoms with Crippen molar-refractivity contribution in [3.8, 4) is 16.9 Å². The summed E-state index contributed by atoms with van der Waals surface area (Å²) in [4.78, 5) is 25.5. The summed E-state index contributed by atoms with van der Waals surface area (Å²) in [6.07, 6.45) is 1.54. The number of amides is 1. The van der Waals surface area contributed by atoms with Gasteiger partial charge >= 0.3 is 0 Å². The Bertz CT molecular complexity index is 1300. The molecule has 2 aromatic carbocycles. The predicted octanol–water partition coefficient (Wildman–Crippen LogP) is 4.46. The van der Waals surface area contributed by atoms with Crippen molar-refractivity contribution in [1.29, 1.82) is 0 Å². The van der Waals surface area contributed by atoms with Crippen LogP contribution in [0, 0.1) is 10.1 Å². The van der Waals surface area contributed by atoms with Crippen molar-refractivity contribution in [1.82, 2.24) is 24.9 Å². The largest absolute Gasteiger partial charge is 0.339 e. The second-order valence-corrected chi connectivity index (χ2v) is 7.37. The monoisotopic (exact) mass is 457 g/mol. The summed E-state index contributed by atoms with van der Waals surface area (Å²) in [5, 5.41) is 27.1. The molecule has 0 radical (unpaired) electrons. The molecule has 4 rings (SSSR count). The van der Waals surface area contributed by atoms with Gasteiger partial charge in [0, 0.05) is 30.8 Å². The highest BCUT2D eigenvalue weighted by Crippen LogP contribution is 2.26. The lowest BCUT2D eigenvalue weighted by atomic mass is 10.1. The first-order chi connectivity index (χ1) is 16.5. The standard InChI is InChI=1S/C24H23N7O3/c1-3-29(4-2)24(32)20-16-25-30(18-10-6-5-7-11-18)23(20)26-22-14-13-21(27-28-22)17-9-8-12-19(15-17)31(33)34/h5-16H,3-4H2,1-2H3,(H,26,28). The molecule has 0 saturated carbocycles. The van der Waals surface area contributed by atoms with Gasteiger partial charge in [-0.1, -0.05) is 30.3 Å². The molecule has 4 aromatic rings. The number of benzene rings is 2. The Kier molecular flexibility index (Phi) is 6.58. The maximum Gasteiger partial charge on any atom is 0.270 e. The van der Waals surface area contributed by atoms with Crippen LogP contribution in [0.25, 0.3) is 16.9 Å². The Morgan fingerprint density at radius 1 is 1.03 bits per heavy atom. The summed E-state index contributed by atoms with van der Waals surface area (Å²) >= 11 is 0. The lowest BCUT2D eigenvalue weighted by Crippen LogP contribution is -2.30. The summed E-state index contributed by atoms with van der Waals surface area (Å²) in [5.41, 5.74) is 2.25. The van der Waals surface area contributed by atoms with Crippen LogP contribution in [0.5, 0.6) is 0 Å². The maximum absolute atomic E-state index is 13.1. The fourth-order valence-electron chi connectivity index (χ4n) is 3.52. The molecule has 10 nitrogen and oxygen atoms in total. The van der Waals surface area contributed by atoms with E-state index in [0.717, 1.165) is 5.69 Å². The molecule has 2 aromatic heterocycles. The number of anilines is 2. The number of carbonyl (C=O) groups excluding carboxylic acids is 1. The number of rotatable bonds is 8. The van der Waals surface area contributed by atoms with Crippen molar-refractivity contribution >= 4 is 23.2 Å². The third-order valence-corrected chi connectivity index (χ3v) is 5.31. The van der Waals surface area contributed by atoms with E-state index in [2.05, 4.69) is 20.6 Å². The summed E-state index contributed by atoms with van der Waals surface area (Å²) in [7, 11) is 0. The van der Waals surface area contributed by atoms with Crippen LogP contribution in [0.4, 0.5) is 17.3 Å². The van der Waals surface area contributed by atoms with Crippen molar-refractivity contribution in [2.75, 3.05) is 18.4 Å². The highest BCUT2D eigenvalue weighted by atomic mass is 16.6. The number of carbonyl (C=O) groups is 1. The molecule has 10 heteroatoms. The molecule has 0 spiro atoms. The number of nitrogens with zero attached hydrogens (tertiary/aromatic N) is 6. The third kappa shape index (κ3) is 4.60. The maximum atomic E-state index is 13.1. The van der Waals surface area contributed by atoms with Crippen LogP contribution >= 0.6 is 0 Å². The summed E-state index contributed by atoms with van der Waals surface area (Å²) in [6, 6.07) is 19.1. The van der Waals surface area contributed by atoms with Crippen molar-refractivity contribution in [2.24, 2.45) is 0 Å². The van der Waals surface area contributed by atoms with Crippen LogP contribution in [-0.4, -0.2) is 48.8 Å². The second-order valence-electron chi connectivity index (χ2n) is 7.37. The Hall–Kier alpha value is -4.60. The van der Waals surface area contributed by atoms with Gasteiger partial charge in [-0.05, 0) is 38.1 Å². The number of nitro groups is 1. The number of nitrogens with one attached hydrogen (secondary N) is 1. The molecule has 0 atom stereocenters. The first kappa shape index (κ1) is 22.6. The molecule has 0 unspecified atom stereocenters. The Labute approximate surface area is 196 Å². The van der Waals surface area contributed by atoms with Gasteiger partial charge in [0.2, 0.25) is 0 Å². The zero-order chi connectivity index (χ0) is 24.1. The van der Waals surface area contributed by atoms with Gasteiger partial charge in [0.1, 0.15) is 11.4 Å². The van der Waals surface area contributed by atoms with Gasteiger partial charge in [-0.15, -0.1) is 10.2 Å².